The molecule has 2 aromatic carbocycles. The van der Waals surface area contributed by atoms with Crippen LogP contribution in [0.2, 0.25) is 0 Å². The van der Waals surface area contributed by atoms with E-state index >= 15 is 0 Å². The summed E-state index contributed by atoms with van der Waals surface area (Å²) in [6.07, 6.45) is 1.16. The average molecular weight is 405 g/mol. The number of rotatable bonds is 7. The highest BCUT2D eigenvalue weighted by Crippen LogP contribution is 2.24. The second-order valence-corrected chi connectivity index (χ2v) is 9.04. The predicted molar refractivity (Wildman–Crippen MR) is 114 cm³/mol. The van der Waals surface area contributed by atoms with Gasteiger partial charge in [-0.05, 0) is 82.1 Å². The van der Waals surface area contributed by atoms with Crippen molar-refractivity contribution in [2.45, 2.75) is 46.8 Å². The van der Waals surface area contributed by atoms with E-state index in [1.165, 1.54) is 0 Å². The van der Waals surface area contributed by atoms with Gasteiger partial charge in [0.25, 0.3) is 0 Å². The topological polar surface area (TPSA) is 75.7 Å². The molecule has 0 radical (unpaired) electrons. The largest absolute Gasteiger partial charge is 0.491 e. The summed E-state index contributed by atoms with van der Waals surface area (Å²) in [5, 5.41) is 2.77. The van der Waals surface area contributed by atoms with Gasteiger partial charge >= 0.3 is 0 Å². The number of nitrogens with one attached hydrogen (secondary N) is 1. The summed E-state index contributed by atoms with van der Waals surface area (Å²) < 4.78 is 31.5. The minimum Gasteiger partial charge on any atom is -0.491 e. The molecule has 7 heteroatoms. The fraction of sp³-hybridized carbons (Fsp3) is 0.381. The smallest absolute Gasteiger partial charge is 0.247 e. The van der Waals surface area contributed by atoms with Crippen molar-refractivity contribution < 1.29 is 17.9 Å². The van der Waals surface area contributed by atoms with Crippen molar-refractivity contribution in [3.05, 3.63) is 53.6 Å². The molecule has 0 saturated heterocycles. The molecule has 0 bridgehead atoms. The maximum atomic E-state index is 12.7. The van der Waals surface area contributed by atoms with Crippen LogP contribution in [0.15, 0.2) is 42.5 Å². The van der Waals surface area contributed by atoms with E-state index in [1.807, 2.05) is 33.8 Å². The first kappa shape index (κ1) is 21.8. The third kappa shape index (κ3) is 5.48. The van der Waals surface area contributed by atoms with Crippen molar-refractivity contribution in [2.24, 2.45) is 0 Å². The van der Waals surface area contributed by atoms with E-state index in [9.17, 15) is 13.2 Å². The van der Waals surface area contributed by atoms with Crippen molar-refractivity contribution >= 4 is 27.3 Å². The summed E-state index contributed by atoms with van der Waals surface area (Å²) in [5.41, 5.74) is 3.05. The molecule has 152 valence electrons. The molecule has 0 saturated carbocycles. The van der Waals surface area contributed by atoms with E-state index in [0.717, 1.165) is 21.7 Å². The standard InChI is InChI=1S/C21H28N2O4S/c1-14(2)27-20-11-8-18(9-12-20)22-21(24)17(5)23(28(6,25)26)19-10-7-15(3)16(4)13-19/h7-14,17H,1-6H3,(H,22,24)/t17-/m1/s1. The van der Waals surface area contributed by atoms with Gasteiger partial charge in [-0.2, -0.15) is 0 Å². The second-order valence-electron chi connectivity index (χ2n) is 7.18. The summed E-state index contributed by atoms with van der Waals surface area (Å²) in [6, 6.07) is 11.4. The van der Waals surface area contributed by atoms with Crippen LogP contribution in [0.1, 0.15) is 31.9 Å². The molecule has 1 atom stereocenters. The maximum absolute atomic E-state index is 12.7. The van der Waals surface area contributed by atoms with Crippen LogP contribution in [0.5, 0.6) is 5.75 Å². The molecular weight excluding hydrogens is 376 g/mol. The summed E-state index contributed by atoms with van der Waals surface area (Å²) in [7, 11) is -3.65. The summed E-state index contributed by atoms with van der Waals surface area (Å²) >= 11 is 0. The molecule has 28 heavy (non-hydrogen) atoms. The van der Waals surface area contributed by atoms with Gasteiger partial charge in [-0.25, -0.2) is 8.42 Å². The number of carbonyl (C=O) groups is 1. The number of hydrogen-bond donors (Lipinski definition) is 1. The number of hydrogen-bond acceptors (Lipinski definition) is 4. The zero-order valence-corrected chi connectivity index (χ0v) is 18.0. The van der Waals surface area contributed by atoms with Crippen molar-refractivity contribution in [2.75, 3.05) is 15.9 Å². The van der Waals surface area contributed by atoms with Crippen LogP contribution in [0.25, 0.3) is 0 Å². The van der Waals surface area contributed by atoms with Gasteiger partial charge < -0.3 is 10.1 Å². The number of nitrogens with zero attached hydrogens (tertiary/aromatic N) is 1. The lowest BCUT2D eigenvalue weighted by Crippen LogP contribution is -2.45. The van der Waals surface area contributed by atoms with E-state index in [4.69, 9.17) is 4.74 Å². The molecule has 0 aliphatic carbocycles. The first-order chi connectivity index (χ1) is 13.0. The molecule has 0 heterocycles. The lowest BCUT2D eigenvalue weighted by Gasteiger charge is -2.28. The Morgan fingerprint density at radius 1 is 1.00 bits per heavy atom. The molecule has 0 aliphatic rings. The SMILES string of the molecule is Cc1ccc(N([C@H](C)C(=O)Nc2ccc(OC(C)C)cc2)S(C)(=O)=O)cc1C. The van der Waals surface area contributed by atoms with Gasteiger partial charge in [0, 0.05) is 5.69 Å². The number of sulfonamides is 1. The van der Waals surface area contributed by atoms with Gasteiger partial charge in [0.1, 0.15) is 11.8 Å². The Bertz CT molecular complexity index is 937. The number of aryl methyl sites for hydroxylation is 2. The van der Waals surface area contributed by atoms with E-state index in [-0.39, 0.29) is 6.10 Å². The first-order valence-electron chi connectivity index (χ1n) is 9.13. The van der Waals surface area contributed by atoms with Crippen LogP contribution < -0.4 is 14.4 Å². The molecule has 1 amide bonds. The molecule has 1 N–H and O–H groups in total. The lowest BCUT2D eigenvalue weighted by molar-refractivity contribution is -0.116. The molecule has 0 unspecified atom stereocenters. The second kappa shape index (κ2) is 8.65. The number of amides is 1. The van der Waals surface area contributed by atoms with E-state index < -0.39 is 22.0 Å². The van der Waals surface area contributed by atoms with Gasteiger partial charge in [0.05, 0.1) is 18.0 Å². The summed E-state index contributed by atoms with van der Waals surface area (Å²) in [5.74, 6) is 0.287. The normalized spacial score (nSPS) is 12.5. The van der Waals surface area contributed by atoms with Crippen LogP contribution in [0.3, 0.4) is 0 Å². The Morgan fingerprint density at radius 3 is 2.11 bits per heavy atom. The zero-order chi connectivity index (χ0) is 21.1. The van der Waals surface area contributed by atoms with Crippen molar-refractivity contribution in [1.82, 2.24) is 0 Å². The van der Waals surface area contributed by atoms with Crippen molar-refractivity contribution in [3.8, 4) is 5.75 Å². The molecule has 2 rings (SSSR count). The Hall–Kier alpha value is -2.54. The molecule has 0 fully saturated rings. The molecule has 0 aromatic heterocycles. The zero-order valence-electron chi connectivity index (χ0n) is 17.2. The van der Waals surface area contributed by atoms with E-state index in [0.29, 0.717) is 17.1 Å². The van der Waals surface area contributed by atoms with Crippen LogP contribution in [-0.2, 0) is 14.8 Å². The third-order valence-electron chi connectivity index (χ3n) is 4.33. The first-order valence-corrected chi connectivity index (χ1v) is 11.0. The quantitative estimate of drug-likeness (QED) is 0.760. The van der Waals surface area contributed by atoms with Crippen LogP contribution >= 0.6 is 0 Å². The van der Waals surface area contributed by atoms with E-state index in [1.54, 1.807) is 43.3 Å². The number of ether oxygens (including phenoxy) is 1. The van der Waals surface area contributed by atoms with Crippen molar-refractivity contribution in [1.29, 1.82) is 0 Å². The average Bonchev–Trinajstić information content (AvgIpc) is 2.58. The van der Waals surface area contributed by atoms with E-state index in [2.05, 4.69) is 5.32 Å². The molecule has 2 aromatic rings. The van der Waals surface area contributed by atoms with Gasteiger partial charge in [-0.1, -0.05) is 6.07 Å². The molecule has 0 aliphatic heterocycles. The Kier molecular flexibility index (Phi) is 6.72. The highest BCUT2D eigenvalue weighted by molar-refractivity contribution is 7.92. The van der Waals surface area contributed by atoms with Gasteiger partial charge in [-0.15, -0.1) is 0 Å². The predicted octanol–water partition coefficient (Wildman–Crippen LogP) is 3.88. The van der Waals surface area contributed by atoms with Crippen molar-refractivity contribution in [3.63, 3.8) is 0 Å². The van der Waals surface area contributed by atoms with Gasteiger partial charge in [0.2, 0.25) is 15.9 Å². The Labute approximate surface area is 167 Å². The van der Waals surface area contributed by atoms with Crippen LogP contribution in [0, 0.1) is 13.8 Å². The minimum atomic E-state index is -3.65. The van der Waals surface area contributed by atoms with Gasteiger partial charge in [0.15, 0.2) is 0 Å². The monoisotopic (exact) mass is 404 g/mol. The molecule has 0 spiro atoms. The lowest BCUT2D eigenvalue weighted by atomic mass is 10.1. The van der Waals surface area contributed by atoms with Gasteiger partial charge in [-0.3, -0.25) is 9.10 Å². The minimum absolute atomic E-state index is 0.0572. The number of anilines is 2. The molecular formula is C21H28N2O4S. The number of carbonyl (C=O) groups excluding carboxylic acids is 1. The Morgan fingerprint density at radius 2 is 1.61 bits per heavy atom. The Balaban J connectivity index is 2.23. The molecule has 6 nitrogen and oxygen atoms in total. The fourth-order valence-corrected chi connectivity index (χ4v) is 3.97. The third-order valence-corrected chi connectivity index (χ3v) is 5.57. The van der Waals surface area contributed by atoms with Crippen LogP contribution in [-0.4, -0.2) is 32.7 Å². The fourth-order valence-electron chi connectivity index (χ4n) is 2.81. The summed E-state index contributed by atoms with van der Waals surface area (Å²) in [6.45, 7) is 9.30. The highest BCUT2D eigenvalue weighted by atomic mass is 32.2. The number of benzene rings is 2. The maximum Gasteiger partial charge on any atom is 0.247 e. The summed E-state index contributed by atoms with van der Waals surface area (Å²) in [4.78, 5) is 12.7. The van der Waals surface area contributed by atoms with Crippen LogP contribution in [0.4, 0.5) is 11.4 Å². The highest BCUT2D eigenvalue weighted by Gasteiger charge is 2.29.